The van der Waals surface area contributed by atoms with Gasteiger partial charge in [-0.05, 0) is 75.5 Å². The highest BCUT2D eigenvalue weighted by atomic mass is 35.5. The minimum atomic E-state index is -0.127. The zero-order valence-electron chi connectivity index (χ0n) is 26.7. The Hall–Kier alpha value is -4.12. The Morgan fingerprint density at radius 1 is 0.913 bits per heavy atom. The quantitative estimate of drug-likeness (QED) is 0.267. The lowest BCUT2D eigenvalue weighted by atomic mass is 10.2. The van der Waals surface area contributed by atoms with Crippen molar-refractivity contribution in [3.63, 3.8) is 0 Å². The summed E-state index contributed by atoms with van der Waals surface area (Å²) < 4.78 is 13.7. The molecule has 0 saturated carbocycles. The van der Waals surface area contributed by atoms with E-state index in [0.29, 0.717) is 71.7 Å². The van der Waals surface area contributed by atoms with E-state index in [1.54, 1.807) is 28.8 Å². The number of hydrogen-bond donors (Lipinski definition) is 0. The van der Waals surface area contributed by atoms with Crippen molar-refractivity contribution in [3.05, 3.63) is 87.9 Å². The average Bonchev–Trinajstić information content (AvgIpc) is 3.05. The first-order valence-electron chi connectivity index (χ1n) is 15.9. The Morgan fingerprint density at radius 3 is 2.35 bits per heavy atom. The number of anilines is 1. The second-order valence-corrected chi connectivity index (χ2v) is 12.6. The smallest absolute Gasteiger partial charge is 0.266 e. The van der Waals surface area contributed by atoms with Crippen LogP contribution in [0.1, 0.15) is 19.7 Å². The second kappa shape index (κ2) is 14.1. The van der Waals surface area contributed by atoms with Gasteiger partial charge < -0.3 is 24.2 Å². The number of nitrogens with zero attached hydrogens (tertiary/aromatic N) is 6. The number of para-hydroxylation sites is 1. The molecule has 3 heterocycles. The highest BCUT2D eigenvalue weighted by molar-refractivity contribution is 6.30. The Labute approximate surface area is 274 Å². The molecule has 1 aromatic heterocycles. The van der Waals surface area contributed by atoms with Gasteiger partial charge in [0.25, 0.3) is 11.5 Å². The van der Waals surface area contributed by atoms with Gasteiger partial charge in [0.1, 0.15) is 17.3 Å². The number of amides is 1. The Morgan fingerprint density at radius 2 is 1.63 bits per heavy atom. The van der Waals surface area contributed by atoms with E-state index in [1.165, 1.54) is 0 Å². The Kier molecular flexibility index (Phi) is 9.77. The number of piperazine rings is 2. The normalized spacial score (nSPS) is 16.3. The molecule has 0 radical (unpaired) electrons. The number of carbonyl (C=O) groups excluding carboxylic acids is 1. The van der Waals surface area contributed by atoms with Crippen molar-refractivity contribution < 1.29 is 14.3 Å². The van der Waals surface area contributed by atoms with Gasteiger partial charge in [0.2, 0.25) is 0 Å². The van der Waals surface area contributed by atoms with E-state index in [1.807, 2.05) is 49.1 Å². The van der Waals surface area contributed by atoms with E-state index in [2.05, 4.69) is 33.9 Å². The number of ether oxygens (including phenoxy) is 2. The zero-order valence-corrected chi connectivity index (χ0v) is 27.4. The highest BCUT2D eigenvalue weighted by Gasteiger charge is 2.25. The number of benzene rings is 3. The lowest BCUT2D eigenvalue weighted by Gasteiger charge is -2.35. The maximum absolute atomic E-state index is 14.3. The van der Waals surface area contributed by atoms with Crippen molar-refractivity contribution in [1.29, 1.82) is 0 Å². The molecule has 242 valence electrons. The summed E-state index contributed by atoms with van der Waals surface area (Å²) in [6.45, 7) is 10.6. The largest absolute Gasteiger partial charge is 0.489 e. The van der Waals surface area contributed by atoms with Crippen molar-refractivity contribution in [3.8, 4) is 17.2 Å². The van der Waals surface area contributed by atoms with Crippen LogP contribution in [0.25, 0.3) is 16.6 Å². The van der Waals surface area contributed by atoms with E-state index in [-0.39, 0.29) is 24.2 Å². The van der Waals surface area contributed by atoms with Crippen LogP contribution in [0, 0.1) is 0 Å². The van der Waals surface area contributed by atoms with Crippen LogP contribution in [0.5, 0.6) is 11.5 Å². The van der Waals surface area contributed by atoms with Crippen LogP contribution in [0.2, 0.25) is 5.02 Å². The van der Waals surface area contributed by atoms with Crippen LogP contribution >= 0.6 is 11.6 Å². The molecule has 2 fully saturated rings. The van der Waals surface area contributed by atoms with Gasteiger partial charge >= 0.3 is 0 Å². The summed E-state index contributed by atoms with van der Waals surface area (Å²) in [4.78, 5) is 41.0. The lowest BCUT2D eigenvalue weighted by molar-refractivity contribution is -0.135. The topological polar surface area (TPSA) is 83.4 Å². The van der Waals surface area contributed by atoms with Crippen LogP contribution in [0.4, 0.5) is 5.69 Å². The summed E-state index contributed by atoms with van der Waals surface area (Å²) in [5.74, 6) is 1.82. The van der Waals surface area contributed by atoms with Gasteiger partial charge in [-0.2, -0.15) is 0 Å². The Balaban J connectivity index is 1.26. The van der Waals surface area contributed by atoms with Crippen molar-refractivity contribution >= 4 is 34.1 Å². The molecule has 0 atom stereocenters. The second-order valence-electron chi connectivity index (χ2n) is 12.2. The first-order chi connectivity index (χ1) is 22.2. The summed E-state index contributed by atoms with van der Waals surface area (Å²) in [6, 6.07) is 20.6. The van der Waals surface area contributed by atoms with E-state index >= 15 is 0 Å². The third-order valence-electron chi connectivity index (χ3n) is 8.53. The van der Waals surface area contributed by atoms with E-state index in [0.717, 1.165) is 31.9 Å². The number of hydrogen-bond acceptors (Lipinski definition) is 8. The van der Waals surface area contributed by atoms with Crippen molar-refractivity contribution in [1.82, 2.24) is 24.3 Å². The maximum Gasteiger partial charge on any atom is 0.266 e. The molecular weight excluding hydrogens is 604 g/mol. The number of aromatic nitrogens is 2. The molecular formula is C35H41ClN6O4. The zero-order chi connectivity index (χ0) is 32.2. The molecule has 6 rings (SSSR count). The summed E-state index contributed by atoms with van der Waals surface area (Å²) in [6.07, 6.45) is -0.0740. The van der Waals surface area contributed by atoms with Crippen LogP contribution in [0.3, 0.4) is 0 Å². The molecule has 0 bridgehead atoms. The SMILES string of the molecule is CC(C)Oc1ccc(N2CCN(C)CC2)cc1-n1c(CN2CCN(C(=O)COc3ccc(Cl)cc3)CC2)nc2ccccc2c1=O. The van der Waals surface area contributed by atoms with Gasteiger partial charge in [0.15, 0.2) is 6.61 Å². The number of carbonyl (C=O) groups is 1. The van der Waals surface area contributed by atoms with Gasteiger partial charge in [0.05, 0.1) is 29.2 Å². The lowest BCUT2D eigenvalue weighted by Crippen LogP contribution is -2.50. The minimum Gasteiger partial charge on any atom is -0.489 e. The standard InChI is InChI=1S/C35H41ClN6O4/c1-25(2)46-32-13-10-27(40-18-14-38(3)15-19-40)22-31(32)42-33(37-30-7-5-4-6-29(30)35(42)44)23-39-16-20-41(21-17-39)34(43)24-45-28-11-8-26(36)9-12-28/h4-13,22,25H,14-21,23-24H2,1-3H3. The molecule has 2 aliphatic rings. The van der Waals surface area contributed by atoms with Gasteiger partial charge in [-0.15, -0.1) is 0 Å². The number of halogens is 1. The summed E-state index contributed by atoms with van der Waals surface area (Å²) in [5, 5.41) is 1.18. The van der Waals surface area contributed by atoms with Crippen molar-refractivity contribution in [2.24, 2.45) is 0 Å². The van der Waals surface area contributed by atoms with Gasteiger partial charge in [-0.3, -0.25) is 19.1 Å². The van der Waals surface area contributed by atoms with E-state index in [4.69, 9.17) is 26.1 Å². The fourth-order valence-electron chi connectivity index (χ4n) is 5.95. The maximum atomic E-state index is 14.3. The predicted molar refractivity (Wildman–Crippen MR) is 182 cm³/mol. The highest BCUT2D eigenvalue weighted by Crippen LogP contribution is 2.31. The van der Waals surface area contributed by atoms with E-state index < -0.39 is 0 Å². The van der Waals surface area contributed by atoms with Crippen LogP contribution < -0.4 is 19.9 Å². The van der Waals surface area contributed by atoms with E-state index in [9.17, 15) is 9.59 Å². The van der Waals surface area contributed by atoms with Crippen molar-refractivity contribution in [2.45, 2.75) is 26.5 Å². The first-order valence-corrected chi connectivity index (χ1v) is 16.3. The average molecular weight is 645 g/mol. The molecule has 1 amide bonds. The summed E-state index contributed by atoms with van der Waals surface area (Å²) >= 11 is 5.95. The number of rotatable bonds is 9. The van der Waals surface area contributed by atoms with Crippen LogP contribution in [-0.2, 0) is 11.3 Å². The molecule has 0 unspecified atom stereocenters. The summed E-state index contributed by atoms with van der Waals surface area (Å²) in [7, 11) is 2.14. The molecule has 10 nitrogen and oxygen atoms in total. The summed E-state index contributed by atoms with van der Waals surface area (Å²) in [5.41, 5.74) is 2.28. The molecule has 46 heavy (non-hydrogen) atoms. The predicted octanol–water partition coefficient (Wildman–Crippen LogP) is 4.30. The van der Waals surface area contributed by atoms with Crippen molar-refractivity contribution in [2.75, 3.05) is 70.9 Å². The molecule has 0 N–H and O–H groups in total. The van der Waals surface area contributed by atoms with Crippen LogP contribution in [-0.4, -0.2) is 102 Å². The first kappa shape index (κ1) is 31.8. The fourth-order valence-corrected chi connectivity index (χ4v) is 6.08. The molecule has 11 heteroatoms. The molecule has 0 aliphatic carbocycles. The van der Waals surface area contributed by atoms with Gasteiger partial charge in [0, 0.05) is 63.1 Å². The fraction of sp³-hybridized carbons (Fsp3) is 0.400. The monoisotopic (exact) mass is 644 g/mol. The van der Waals surface area contributed by atoms with Gasteiger partial charge in [-0.25, -0.2) is 4.98 Å². The molecule has 3 aromatic carbocycles. The molecule has 2 aliphatic heterocycles. The molecule has 0 spiro atoms. The number of likely N-dealkylation sites (N-methyl/N-ethyl adjacent to an activating group) is 1. The molecule has 2 saturated heterocycles. The third-order valence-corrected chi connectivity index (χ3v) is 8.78. The third kappa shape index (κ3) is 7.30. The molecule has 4 aromatic rings. The number of fused-ring (bicyclic) bond motifs is 1. The van der Waals surface area contributed by atoms with Gasteiger partial charge in [-0.1, -0.05) is 23.7 Å². The van der Waals surface area contributed by atoms with Crippen LogP contribution in [0.15, 0.2) is 71.5 Å². The minimum absolute atomic E-state index is 0.0321. The Bertz CT molecular complexity index is 1730.